The summed E-state index contributed by atoms with van der Waals surface area (Å²) in [6.45, 7) is 2.75. The Kier molecular flexibility index (Phi) is 2.55. The van der Waals surface area contributed by atoms with E-state index in [0.29, 0.717) is 11.3 Å². The molecular weight excluding hydrogens is 228 g/mol. The molecule has 2 aromatic rings. The highest BCUT2D eigenvalue weighted by Gasteiger charge is 2.14. The summed E-state index contributed by atoms with van der Waals surface area (Å²) < 4.78 is 5.13. The summed E-state index contributed by atoms with van der Waals surface area (Å²) in [5.74, 6) is 0.502. The second-order valence-corrected chi connectivity index (χ2v) is 4.39. The molecule has 0 atom stereocenters. The molecule has 1 aromatic carbocycles. The van der Waals surface area contributed by atoms with E-state index in [4.69, 9.17) is 4.42 Å². The Morgan fingerprint density at radius 3 is 3.06 bits per heavy atom. The number of nitrogens with one attached hydrogen (secondary N) is 2. The van der Waals surface area contributed by atoms with Crippen molar-refractivity contribution < 1.29 is 9.21 Å². The van der Waals surface area contributed by atoms with Crippen LogP contribution in [0.25, 0.3) is 0 Å². The fourth-order valence-electron chi connectivity index (χ4n) is 2.20. The molecule has 2 heterocycles. The molecule has 4 nitrogen and oxygen atoms in total. The van der Waals surface area contributed by atoms with Crippen LogP contribution in [0.15, 0.2) is 34.9 Å². The van der Waals surface area contributed by atoms with Gasteiger partial charge in [-0.05, 0) is 43.2 Å². The fourth-order valence-corrected chi connectivity index (χ4v) is 2.20. The normalized spacial score (nSPS) is 12.9. The van der Waals surface area contributed by atoms with E-state index >= 15 is 0 Å². The van der Waals surface area contributed by atoms with Crippen LogP contribution in [-0.4, -0.2) is 12.5 Å². The molecule has 0 fully saturated rings. The maximum atomic E-state index is 12.0. The highest BCUT2D eigenvalue weighted by molar-refractivity contribution is 6.05. The minimum Gasteiger partial charge on any atom is -0.469 e. The minimum atomic E-state index is -0.132. The molecule has 0 saturated carbocycles. The standard InChI is InChI=1S/C14H14N2O2/c1-9-12(5-7-18-9)14(17)16-11-2-3-13-10(8-11)4-6-15-13/h2-3,5,7-8,15H,4,6H2,1H3,(H,16,17). The third-order valence-corrected chi connectivity index (χ3v) is 3.18. The van der Waals surface area contributed by atoms with E-state index in [9.17, 15) is 4.79 Å². The Morgan fingerprint density at radius 2 is 2.28 bits per heavy atom. The van der Waals surface area contributed by atoms with Crippen molar-refractivity contribution >= 4 is 17.3 Å². The molecule has 3 rings (SSSR count). The molecule has 1 amide bonds. The number of furan rings is 1. The molecule has 0 saturated heterocycles. The van der Waals surface area contributed by atoms with Crippen LogP contribution in [-0.2, 0) is 6.42 Å². The van der Waals surface area contributed by atoms with Crippen LogP contribution in [0, 0.1) is 6.92 Å². The quantitative estimate of drug-likeness (QED) is 0.851. The van der Waals surface area contributed by atoms with Crippen LogP contribution >= 0.6 is 0 Å². The Morgan fingerprint density at radius 1 is 1.39 bits per heavy atom. The molecule has 18 heavy (non-hydrogen) atoms. The molecule has 4 heteroatoms. The highest BCUT2D eigenvalue weighted by Crippen LogP contribution is 2.25. The molecule has 0 aliphatic carbocycles. The van der Waals surface area contributed by atoms with Crippen LogP contribution in [0.1, 0.15) is 21.7 Å². The van der Waals surface area contributed by atoms with Gasteiger partial charge in [-0.2, -0.15) is 0 Å². The second kappa shape index (κ2) is 4.22. The van der Waals surface area contributed by atoms with Gasteiger partial charge in [0.05, 0.1) is 11.8 Å². The van der Waals surface area contributed by atoms with Crippen LogP contribution < -0.4 is 10.6 Å². The Balaban J connectivity index is 1.81. The van der Waals surface area contributed by atoms with Gasteiger partial charge in [0.25, 0.3) is 5.91 Å². The first kappa shape index (κ1) is 10.9. The molecule has 0 radical (unpaired) electrons. The van der Waals surface area contributed by atoms with Gasteiger partial charge in [-0.15, -0.1) is 0 Å². The zero-order valence-corrected chi connectivity index (χ0v) is 10.1. The van der Waals surface area contributed by atoms with Crippen LogP contribution in [0.3, 0.4) is 0 Å². The summed E-state index contributed by atoms with van der Waals surface area (Å²) in [5, 5.41) is 6.18. The van der Waals surface area contributed by atoms with E-state index in [-0.39, 0.29) is 5.91 Å². The zero-order chi connectivity index (χ0) is 12.5. The van der Waals surface area contributed by atoms with Gasteiger partial charge < -0.3 is 15.1 Å². The van der Waals surface area contributed by atoms with E-state index in [1.165, 1.54) is 11.8 Å². The average molecular weight is 242 g/mol. The first-order chi connectivity index (χ1) is 8.74. The average Bonchev–Trinajstić information content (AvgIpc) is 2.96. The van der Waals surface area contributed by atoms with E-state index in [1.54, 1.807) is 13.0 Å². The predicted molar refractivity (Wildman–Crippen MR) is 70.0 cm³/mol. The van der Waals surface area contributed by atoms with Crippen molar-refractivity contribution in [1.82, 2.24) is 0 Å². The first-order valence-corrected chi connectivity index (χ1v) is 5.96. The summed E-state index contributed by atoms with van der Waals surface area (Å²) in [6.07, 6.45) is 2.53. The number of hydrogen-bond acceptors (Lipinski definition) is 3. The number of carbonyl (C=O) groups is 1. The number of fused-ring (bicyclic) bond motifs is 1. The lowest BCUT2D eigenvalue weighted by Gasteiger charge is -2.06. The second-order valence-electron chi connectivity index (χ2n) is 4.39. The van der Waals surface area contributed by atoms with E-state index in [1.807, 2.05) is 18.2 Å². The third kappa shape index (κ3) is 1.86. The molecule has 2 N–H and O–H groups in total. The van der Waals surface area contributed by atoms with Crippen molar-refractivity contribution in [2.24, 2.45) is 0 Å². The number of amides is 1. The monoisotopic (exact) mass is 242 g/mol. The van der Waals surface area contributed by atoms with Crippen molar-refractivity contribution in [3.05, 3.63) is 47.4 Å². The molecular formula is C14H14N2O2. The Bertz CT molecular complexity index is 602. The fraction of sp³-hybridized carbons (Fsp3) is 0.214. The lowest BCUT2D eigenvalue weighted by molar-refractivity contribution is 0.102. The van der Waals surface area contributed by atoms with Crippen LogP contribution in [0.5, 0.6) is 0 Å². The Hall–Kier alpha value is -2.23. The van der Waals surface area contributed by atoms with Gasteiger partial charge >= 0.3 is 0 Å². The topological polar surface area (TPSA) is 54.3 Å². The van der Waals surface area contributed by atoms with E-state index in [0.717, 1.165) is 24.3 Å². The number of hydrogen-bond donors (Lipinski definition) is 2. The van der Waals surface area contributed by atoms with Crippen molar-refractivity contribution in [2.45, 2.75) is 13.3 Å². The number of aryl methyl sites for hydroxylation is 1. The number of anilines is 2. The van der Waals surface area contributed by atoms with Gasteiger partial charge in [0, 0.05) is 17.9 Å². The van der Waals surface area contributed by atoms with Gasteiger partial charge in [0.2, 0.25) is 0 Å². The summed E-state index contributed by atoms with van der Waals surface area (Å²) in [7, 11) is 0. The molecule has 1 aliphatic heterocycles. The molecule has 0 spiro atoms. The van der Waals surface area contributed by atoms with Gasteiger partial charge in [0.1, 0.15) is 5.76 Å². The lowest BCUT2D eigenvalue weighted by atomic mass is 10.1. The van der Waals surface area contributed by atoms with Crippen molar-refractivity contribution in [3.63, 3.8) is 0 Å². The summed E-state index contributed by atoms with van der Waals surface area (Å²) in [6, 6.07) is 7.60. The van der Waals surface area contributed by atoms with Gasteiger partial charge in [-0.3, -0.25) is 4.79 Å². The molecule has 1 aromatic heterocycles. The predicted octanol–water partition coefficient (Wildman–Crippen LogP) is 2.81. The van der Waals surface area contributed by atoms with E-state index < -0.39 is 0 Å². The zero-order valence-electron chi connectivity index (χ0n) is 10.1. The summed E-state index contributed by atoms with van der Waals surface area (Å²) >= 11 is 0. The highest BCUT2D eigenvalue weighted by atomic mass is 16.3. The SMILES string of the molecule is Cc1occc1C(=O)Nc1ccc2c(c1)CCN2. The van der Waals surface area contributed by atoms with Gasteiger partial charge in [-0.1, -0.05) is 0 Å². The van der Waals surface area contributed by atoms with Crippen LogP contribution in [0.4, 0.5) is 11.4 Å². The first-order valence-electron chi connectivity index (χ1n) is 5.96. The number of benzene rings is 1. The largest absolute Gasteiger partial charge is 0.469 e. The molecule has 0 unspecified atom stereocenters. The number of carbonyl (C=O) groups excluding carboxylic acids is 1. The van der Waals surface area contributed by atoms with Gasteiger partial charge in [0.15, 0.2) is 0 Å². The van der Waals surface area contributed by atoms with E-state index in [2.05, 4.69) is 10.6 Å². The molecule has 92 valence electrons. The maximum absolute atomic E-state index is 12.0. The van der Waals surface area contributed by atoms with Gasteiger partial charge in [-0.25, -0.2) is 0 Å². The molecule has 0 bridgehead atoms. The smallest absolute Gasteiger partial charge is 0.259 e. The number of rotatable bonds is 2. The molecule has 1 aliphatic rings. The Labute approximate surface area is 105 Å². The van der Waals surface area contributed by atoms with Crippen molar-refractivity contribution in [2.75, 3.05) is 17.2 Å². The van der Waals surface area contributed by atoms with Crippen molar-refractivity contribution in [1.29, 1.82) is 0 Å². The third-order valence-electron chi connectivity index (χ3n) is 3.18. The summed E-state index contributed by atoms with van der Waals surface area (Å²) in [4.78, 5) is 12.0. The maximum Gasteiger partial charge on any atom is 0.259 e. The van der Waals surface area contributed by atoms with Crippen LogP contribution in [0.2, 0.25) is 0 Å². The van der Waals surface area contributed by atoms with Crippen molar-refractivity contribution in [3.8, 4) is 0 Å². The lowest BCUT2D eigenvalue weighted by Crippen LogP contribution is -2.12. The summed E-state index contributed by atoms with van der Waals surface area (Å²) in [5.41, 5.74) is 3.81. The minimum absolute atomic E-state index is 0.132.